The maximum atomic E-state index is 8.75. The SMILES string of the molecule is CC(N)(C#N)CO[Si](C)(C)C(C)(C)C. The van der Waals surface area contributed by atoms with Gasteiger partial charge in [0.1, 0.15) is 5.54 Å². The van der Waals surface area contributed by atoms with Crippen LogP contribution in [0, 0.1) is 11.3 Å². The summed E-state index contributed by atoms with van der Waals surface area (Å²) in [6, 6.07) is 2.04. The van der Waals surface area contributed by atoms with Crippen LogP contribution < -0.4 is 5.73 Å². The summed E-state index contributed by atoms with van der Waals surface area (Å²) in [5.41, 5.74) is 4.84. The first-order chi connectivity index (χ1) is 6.02. The van der Waals surface area contributed by atoms with Crippen LogP contribution in [0.25, 0.3) is 0 Å². The molecule has 2 N–H and O–H groups in total. The lowest BCUT2D eigenvalue weighted by Crippen LogP contribution is -2.48. The van der Waals surface area contributed by atoms with E-state index >= 15 is 0 Å². The van der Waals surface area contributed by atoms with Crippen molar-refractivity contribution in [3.8, 4) is 6.07 Å². The highest BCUT2D eigenvalue weighted by Crippen LogP contribution is 2.36. The van der Waals surface area contributed by atoms with E-state index in [1.165, 1.54) is 0 Å². The third-order valence-corrected chi connectivity index (χ3v) is 7.27. The second-order valence-corrected chi connectivity index (χ2v) is 10.4. The molecule has 0 radical (unpaired) electrons. The van der Waals surface area contributed by atoms with Crippen molar-refractivity contribution in [2.75, 3.05) is 6.61 Å². The monoisotopic (exact) mass is 214 g/mol. The van der Waals surface area contributed by atoms with E-state index in [1.807, 2.05) is 6.07 Å². The zero-order valence-corrected chi connectivity index (χ0v) is 11.1. The molecule has 0 aliphatic carbocycles. The Bertz CT molecular complexity index is 235. The molecule has 1 atom stereocenters. The molecular weight excluding hydrogens is 192 g/mol. The van der Waals surface area contributed by atoms with Crippen molar-refractivity contribution < 1.29 is 4.43 Å². The zero-order chi connectivity index (χ0) is 11.6. The molecule has 0 aromatic rings. The van der Waals surface area contributed by atoms with Gasteiger partial charge in [0.05, 0.1) is 12.7 Å². The number of nitriles is 1. The molecule has 0 aromatic carbocycles. The molecule has 0 fully saturated rings. The van der Waals surface area contributed by atoms with Gasteiger partial charge in [-0.25, -0.2) is 0 Å². The minimum Gasteiger partial charge on any atom is -0.414 e. The van der Waals surface area contributed by atoms with E-state index in [4.69, 9.17) is 15.4 Å². The minimum absolute atomic E-state index is 0.165. The predicted molar refractivity (Wildman–Crippen MR) is 61.4 cm³/mol. The minimum atomic E-state index is -1.76. The van der Waals surface area contributed by atoms with E-state index in [0.29, 0.717) is 6.61 Å². The smallest absolute Gasteiger partial charge is 0.192 e. The molecule has 0 spiro atoms. The van der Waals surface area contributed by atoms with Crippen molar-refractivity contribution in [2.45, 2.75) is 51.4 Å². The van der Waals surface area contributed by atoms with Crippen LogP contribution in [-0.4, -0.2) is 20.5 Å². The van der Waals surface area contributed by atoms with Gasteiger partial charge in [0.15, 0.2) is 8.32 Å². The zero-order valence-electron chi connectivity index (χ0n) is 10.1. The van der Waals surface area contributed by atoms with Crippen molar-refractivity contribution in [1.82, 2.24) is 0 Å². The van der Waals surface area contributed by atoms with Gasteiger partial charge in [0.25, 0.3) is 0 Å². The van der Waals surface area contributed by atoms with Gasteiger partial charge in [-0.15, -0.1) is 0 Å². The normalized spacial score (nSPS) is 17.3. The lowest BCUT2D eigenvalue weighted by atomic mass is 10.1. The summed E-state index contributed by atoms with van der Waals surface area (Å²) in [6.45, 7) is 12.8. The quantitative estimate of drug-likeness (QED) is 0.733. The maximum absolute atomic E-state index is 8.75. The predicted octanol–water partition coefficient (Wildman–Crippen LogP) is 2.25. The van der Waals surface area contributed by atoms with Crippen molar-refractivity contribution in [3.63, 3.8) is 0 Å². The average molecular weight is 214 g/mol. The fraction of sp³-hybridized carbons (Fsp3) is 0.900. The number of nitrogens with zero attached hydrogens (tertiary/aromatic N) is 1. The molecule has 0 bridgehead atoms. The number of hydrogen-bond donors (Lipinski definition) is 1. The van der Waals surface area contributed by atoms with Gasteiger partial charge in [-0.1, -0.05) is 20.8 Å². The van der Waals surface area contributed by atoms with E-state index in [1.54, 1.807) is 6.92 Å². The maximum Gasteiger partial charge on any atom is 0.192 e. The Morgan fingerprint density at radius 2 is 1.71 bits per heavy atom. The first-order valence-corrected chi connectivity index (χ1v) is 7.77. The highest BCUT2D eigenvalue weighted by Gasteiger charge is 2.38. The number of nitrogens with two attached hydrogens (primary N) is 1. The first-order valence-electron chi connectivity index (χ1n) is 4.86. The Morgan fingerprint density at radius 3 is 2.00 bits per heavy atom. The molecule has 0 aliphatic heterocycles. The molecule has 0 amide bonds. The van der Waals surface area contributed by atoms with E-state index in [0.717, 1.165) is 0 Å². The molecule has 0 saturated heterocycles. The Labute approximate surface area is 88.4 Å². The van der Waals surface area contributed by atoms with Gasteiger partial charge in [0.2, 0.25) is 0 Å². The van der Waals surface area contributed by atoms with Crippen LogP contribution >= 0.6 is 0 Å². The molecule has 0 rings (SSSR count). The second kappa shape index (κ2) is 4.01. The summed E-state index contributed by atoms with van der Waals surface area (Å²) in [5, 5.41) is 8.92. The van der Waals surface area contributed by atoms with Crippen LogP contribution in [0.2, 0.25) is 18.1 Å². The van der Waals surface area contributed by atoms with Crippen molar-refractivity contribution in [2.24, 2.45) is 5.73 Å². The summed E-state index contributed by atoms with van der Waals surface area (Å²) in [7, 11) is -1.76. The van der Waals surface area contributed by atoms with Gasteiger partial charge in [-0.3, -0.25) is 0 Å². The topological polar surface area (TPSA) is 59.0 Å². The first kappa shape index (κ1) is 13.6. The summed E-state index contributed by atoms with van der Waals surface area (Å²) in [6.07, 6.45) is 0. The molecule has 4 heteroatoms. The lowest BCUT2D eigenvalue weighted by Gasteiger charge is -2.37. The molecule has 1 unspecified atom stereocenters. The van der Waals surface area contributed by atoms with Crippen molar-refractivity contribution in [1.29, 1.82) is 5.26 Å². The Balaban J connectivity index is 4.36. The highest BCUT2D eigenvalue weighted by molar-refractivity contribution is 6.74. The fourth-order valence-corrected chi connectivity index (χ4v) is 1.67. The molecule has 0 heterocycles. The Morgan fingerprint density at radius 1 is 1.29 bits per heavy atom. The van der Waals surface area contributed by atoms with Gasteiger partial charge >= 0.3 is 0 Å². The molecule has 0 saturated carbocycles. The molecule has 3 nitrogen and oxygen atoms in total. The molecular formula is C10H22N2OSi. The van der Waals surface area contributed by atoms with E-state index in [-0.39, 0.29) is 5.04 Å². The standard InChI is InChI=1S/C10H22N2OSi/c1-9(2,3)14(5,6)13-8-10(4,12)7-11/h8,12H2,1-6H3. The molecule has 0 aliphatic rings. The average Bonchev–Trinajstić information content (AvgIpc) is 1.99. The van der Waals surface area contributed by atoms with Crippen molar-refractivity contribution >= 4 is 8.32 Å². The van der Waals surface area contributed by atoms with Crippen LogP contribution in [0.4, 0.5) is 0 Å². The van der Waals surface area contributed by atoms with Crippen LogP contribution in [-0.2, 0) is 4.43 Å². The summed E-state index contributed by atoms with van der Waals surface area (Å²) in [4.78, 5) is 0. The van der Waals surface area contributed by atoms with Gasteiger partial charge < -0.3 is 10.2 Å². The van der Waals surface area contributed by atoms with Gasteiger partial charge in [-0.05, 0) is 25.1 Å². The Hall–Kier alpha value is -0.373. The summed E-state index contributed by atoms with van der Waals surface area (Å²) < 4.78 is 5.84. The van der Waals surface area contributed by atoms with Crippen molar-refractivity contribution in [3.05, 3.63) is 0 Å². The lowest BCUT2D eigenvalue weighted by molar-refractivity contribution is 0.242. The van der Waals surface area contributed by atoms with Crippen LogP contribution in [0.1, 0.15) is 27.7 Å². The fourth-order valence-electron chi connectivity index (χ4n) is 0.579. The summed E-state index contributed by atoms with van der Waals surface area (Å²) in [5.74, 6) is 0. The molecule has 0 aromatic heterocycles. The van der Waals surface area contributed by atoms with Crippen LogP contribution in [0.5, 0.6) is 0 Å². The van der Waals surface area contributed by atoms with E-state index in [2.05, 4.69) is 33.9 Å². The molecule has 14 heavy (non-hydrogen) atoms. The highest BCUT2D eigenvalue weighted by atomic mass is 28.4. The summed E-state index contributed by atoms with van der Waals surface area (Å²) >= 11 is 0. The second-order valence-electron chi connectivity index (χ2n) is 5.58. The largest absolute Gasteiger partial charge is 0.414 e. The third-order valence-electron chi connectivity index (χ3n) is 2.79. The Kier molecular flexibility index (Phi) is 3.91. The van der Waals surface area contributed by atoms with Crippen LogP contribution in [0.15, 0.2) is 0 Å². The molecule has 82 valence electrons. The third kappa shape index (κ3) is 3.78. The van der Waals surface area contributed by atoms with E-state index in [9.17, 15) is 0 Å². The van der Waals surface area contributed by atoms with Crippen LogP contribution in [0.3, 0.4) is 0 Å². The van der Waals surface area contributed by atoms with Gasteiger partial charge in [-0.2, -0.15) is 5.26 Å². The number of rotatable bonds is 3. The van der Waals surface area contributed by atoms with E-state index < -0.39 is 13.9 Å². The number of hydrogen-bond acceptors (Lipinski definition) is 3. The van der Waals surface area contributed by atoms with Gasteiger partial charge in [0, 0.05) is 0 Å².